The lowest BCUT2D eigenvalue weighted by Crippen LogP contribution is -2.35. The van der Waals surface area contributed by atoms with Crippen LogP contribution in [0.2, 0.25) is 0 Å². The number of benzene rings is 1. The Balaban J connectivity index is 2.40. The number of hydrogen-bond acceptors (Lipinski definition) is 4. The molecule has 0 amide bonds. The summed E-state index contributed by atoms with van der Waals surface area (Å²) < 4.78 is 32.4. The highest BCUT2D eigenvalue weighted by Crippen LogP contribution is 2.21. The molecule has 1 aromatic carbocycles. The summed E-state index contributed by atoms with van der Waals surface area (Å²) in [5.74, 6) is -1.14. The van der Waals surface area contributed by atoms with Crippen LogP contribution in [-0.2, 0) is 14.8 Å². The number of aromatic carboxylic acids is 1. The molecule has 2 N–H and O–H groups in total. The highest BCUT2D eigenvalue weighted by Gasteiger charge is 2.26. The topological polar surface area (TPSA) is 92.7 Å². The molecule has 0 spiro atoms. The second-order valence-electron chi connectivity index (χ2n) is 4.92. The molecule has 1 aliphatic heterocycles. The molecule has 2 rings (SSSR count). The molecule has 0 aromatic heterocycles. The number of aryl methyl sites for hydroxylation is 2. The zero-order chi connectivity index (χ0) is 14.9. The average molecular weight is 299 g/mol. The van der Waals surface area contributed by atoms with E-state index >= 15 is 0 Å². The summed E-state index contributed by atoms with van der Waals surface area (Å²) in [7, 11) is -3.74. The fourth-order valence-electron chi connectivity index (χ4n) is 2.26. The molecule has 1 aromatic rings. The van der Waals surface area contributed by atoms with Crippen LogP contribution in [0.3, 0.4) is 0 Å². The molecule has 1 saturated heterocycles. The number of nitrogens with one attached hydrogen (secondary N) is 1. The van der Waals surface area contributed by atoms with E-state index in [9.17, 15) is 13.2 Å². The van der Waals surface area contributed by atoms with E-state index in [-0.39, 0.29) is 16.5 Å². The van der Waals surface area contributed by atoms with Crippen LogP contribution >= 0.6 is 0 Å². The summed E-state index contributed by atoms with van der Waals surface area (Å²) in [6.07, 6.45) is 0.621. The van der Waals surface area contributed by atoms with Gasteiger partial charge in [-0.1, -0.05) is 6.07 Å². The predicted octanol–water partition coefficient (Wildman–Crippen LogP) is 1.07. The third kappa shape index (κ3) is 3.00. The van der Waals surface area contributed by atoms with E-state index < -0.39 is 16.0 Å². The van der Waals surface area contributed by atoms with Crippen molar-refractivity contribution in [3.05, 3.63) is 28.8 Å². The second kappa shape index (κ2) is 5.51. The fourth-order valence-corrected chi connectivity index (χ4v) is 3.77. The van der Waals surface area contributed by atoms with Gasteiger partial charge in [-0.25, -0.2) is 17.9 Å². The third-order valence-electron chi connectivity index (χ3n) is 3.29. The van der Waals surface area contributed by atoms with Crippen LogP contribution < -0.4 is 4.72 Å². The van der Waals surface area contributed by atoms with E-state index in [0.29, 0.717) is 30.8 Å². The van der Waals surface area contributed by atoms with Crippen molar-refractivity contribution in [2.75, 3.05) is 13.2 Å². The second-order valence-corrected chi connectivity index (χ2v) is 6.60. The van der Waals surface area contributed by atoms with Crippen molar-refractivity contribution >= 4 is 16.0 Å². The Labute approximate surface area is 117 Å². The normalized spacial score (nSPS) is 19.2. The zero-order valence-corrected chi connectivity index (χ0v) is 12.2. The van der Waals surface area contributed by atoms with Gasteiger partial charge in [0.15, 0.2) is 0 Å². The van der Waals surface area contributed by atoms with Gasteiger partial charge in [0.05, 0.1) is 17.1 Å². The Morgan fingerprint density at radius 3 is 2.60 bits per heavy atom. The first-order valence-corrected chi connectivity index (χ1v) is 7.74. The molecule has 0 bridgehead atoms. The Morgan fingerprint density at radius 1 is 1.35 bits per heavy atom. The van der Waals surface area contributed by atoms with E-state index in [1.54, 1.807) is 19.9 Å². The fraction of sp³-hybridized carbons (Fsp3) is 0.462. The van der Waals surface area contributed by atoms with Crippen LogP contribution in [0.15, 0.2) is 17.0 Å². The SMILES string of the molecule is Cc1cc(C)c(S(=O)(=O)NC2CCOC2)cc1C(=O)O. The molecule has 1 fully saturated rings. The van der Waals surface area contributed by atoms with E-state index in [4.69, 9.17) is 9.84 Å². The first-order valence-electron chi connectivity index (χ1n) is 6.26. The van der Waals surface area contributed by atoms with Crippen LogP contribution in [0.1, 0.15) is 27.9 Å². The monoisotopic (exact) mass is 299 g/mol. The Morgan fingerprint density at radius 2 is 2.05 bits per heavy atom. The number of carboxylic acids is 1. The van der Waals surface area contributed by atoms with Gasteiger partial charge in [-0.15, -0.1) is 0 Å². The summed E-state index contributed by atoms with van der Waals surface area (Å²) in [6.45, 7) is 4.17. The van der Waals surface area contributed by atoms with Crippen LogP contribution in [0, 0.1) is 13.8 Å². The third-order valence-corrected chi connectivity index (χ3v) is 4.96. The summed E-state index contributed by atoms with van der Waals surface area (Å²) in [4.78, 5) is 11.1. The molecule has 110 valence electrons. The van der Waals surface area contributed by atoms with Gasteiger partial charge in [0.25, 0.3) is 0 Å². The van der Waals surface area contributed by atoms with Crippen LogP contribution in [0.4, 0.5) is 0 Å². The van der Waals surface area contributed by atoms with Crippen molar-refractivity contribution in [3.8, 4) is 0 Å². The van der Waals surface area contributed by atoms with Gasteiger partial charge in [0.1, 0.15) is 0 Å². The minimum absolute atomic E-state index is 0.00125. The van der Waals surface area contributed by atoms with E-state index in [2.05, 4.69) is 4.72 Å². The number of sulfonamides is 1. The molecular weight excluding hydrogens is 282 g/mol. The van der Waals surface area contributed by atoms with Gasteiger partial charge in [-0.2, -0.15) is 0 Å². The summed E-state index contributed by atoms with van der Waals surface area (Å²) in [5.41, 5.74) is 1.07. The molecule has 6 nitrogen and oxygen atoms in total. The maximum atomic E-state index is 12.3. The maximum Gasteiger partial charge on any atom is 0.335 e. The summed E-state index contributed by atoms with van der Waals surface area (Å²) in [6, 6.07) is 2.53. The van der Waals surface area contributed by atoms with Crippen molar-refractivity contribution in [1.29, 1.82) is 0 Å². The molecule has 0 radical (unpaired) electrons. The molecule has 1 aliphatic rings. The van der Waals surface area contributed by atoms with Crippen molar-refractivity contribution in [2.45, 2.75) is 31.2 Å². The van der Waals surface area contributed by atoms with Crippen molar-refractivity contribution in [3.63, 3.8) is 0 Å². The van der Waals surface area contributed by atoms with E-state index in [1.807, 2.05) is 0 Å². The van der Waals surface area contributed by atoms with Gasteiger partial charge in [0, 0.05) is 12.6 Å². The predicted molar refractivity (Wildman–Crippen MR) is 72.4 cm³/mol. The standard InChI is InChI=1S/C13H17NO5S/c1-8-5-9(2)12(6-11(8)13(15)16)20(17,18)14-10-3-4-19-7-10/h5-6,10,14H,3-4,7H2,1-2H3,(H,15,16). The number of carboxylic acid groups (broad SMARTS) is 1. The van der Waals surface area contributed by atoms with Crippen LogP contribution in [0.25, 0.3) is 0 Å². The molecule has 1 heterocycles. The lowest BCUT2D eigenvalue weighted by Gasteiger charge is -2.14. The highest BCUT2D eigenvalue weighted by atomic mass is 32.2. The average Bonchev–Trinajstić information content (AvgIpc) is 2.79. The van der Waals surface area contributed by atoms with E-state index in [0.717, 1.165) is 0 Å². The van der Waals surface area contributed by atoms with Crippen LogP contribution in [0.5, 0.6) is 0 Å². The summed E-state index contributed by atoms with van der Waals surface area (Å²) >= 11 is 0. The maximum absolute atomic E-state index is 12.3. The van der Waals surface area contributed by atoms with Crippen molar-refractivity contribution < 1.29 is 23.1 Å². The molecule has 1 unspecified atom stereocenters. The molecule has 1 atom stereocenters. The van der Waals surface area contributed by atoms with Crippen LogP contribution in [-0.4, -0.2) is 38.7 Å². The van der Waals surface area contributed by atoms with E-state index in [1.165, 1.54) is 6.07 Å². The Kier molecular flexibility index (Phi) is 4.12. The minimum Gasteiger partial charge on any atom is -0.478 e. The van der Waals surface area contributed by atoms with Crippen molar-refractivity contribution in [1.82, 2.24) is 4.72 Å². The first kappa shape index (κ1) is 15.0. The molecule has 0 saturated carbocycles. The number of rotatable bonds is 4. The highest BCUT2D eigenvalue weighted by molar-refractivity contribution is 7.89. The molecule has 0 aliphatic carbocycles. The molecule has 7 heteroatoms. The van der Waals surface area contributed by atoms with Gasteiger partial charge < -0.3 is 9.84 Å². The lowest BCUT2D eigenvalue weighted by molar-refractivity contribution is 0.0696. The van der Waals surface area contributed by atoms with Gasteiger partial charge >= 0.3 is 5.97 Å². The largest absolute Gasteiger partial charge is 0.478 e. The first-order chi connectivity index (χ1) is 9.31. The van der Waals surface area contributed by atoms with Gasteiger partial charge in [-0.3, -0.25) is 0 Å². The van der Waals surface area contributed by atoms with Gasteiger partial charge in [0.2, 0.25) is 10.0 Å². The lowest BCUT2D eigenvalue weighted by atomic mass is 10.1. The minimum atomic E-state index is -3.74. The van der Waals surface area contributed by atoms with Gasteiger partial charge in [-0.05, 0) is 37.5 Å². The quantitative estimate of drug-likeness (QED) is 0.867. The Bertz CT molecular complexity index is 632. The zero-order valence-electron chi connectivity index (χ0n) is 11.3. The smallest absolute Gasteiger partial charge is 0.335 e. The Hall–Kier alpha value is -1.44. The molecule has 20 heavy (non-hydrogen) atoms. The number of ether oxygens (including phenoxy) is 1. The van der Waals surface area contributed by atoms with Crippen molar-refractivity contribution in [2.24, 2.45) is 0 Å². The number of carbonyl (C=O) groups is 1. The number of hydrogen-bond donors (Lipinski definition) is 2. The summed E-state index contributed by atoms with van der Waals surface area (Å²) in [5, 5.41) is 9.10. The molecular formula is C13H17NO5S.